The summed E-state index contributed by atoms with van der Waals surface area (Å²) in [5.41, 5.74) is 2.62. The van der Waals surface area contributed by atoms with Gasteiger partial charge in [0.25, 0.3) is 0 Å². The Balaban J connectivity index is 1.99. The van der Waals surface area contributed by atoms with E-state index in [1.165, 1.54) is 11.1 Å². The molecule has 1 aromatic rings. The third-order valence-corrected chi connectivity index (χ3v) is 3.41. The summed E-state index contributed by atoms with van der Waals surface area (Å²) in [6.07, 6.45) is 0.944. The summed E-state index contributed by atoms with van der Waals surface area (Å²) >= 11 is 0. The Bertz CT molecular complexity index is 392. The molecule has 92 valence electrons. The first kappa shape index (κ1) is 12.2. The highest BCUT2D eigenvalue weighted by Gasteiger charge is 2.44. The molecule has 0 aromatic heterocycles. The fourth-order valence-electron chi connectivity index (χ4n) is 2.20. The summed E-state index contributed by atoms with van der Waals surface area (Å²) in [6.45, 7) is 6.71. The molecule has 0 N–H and O–H groups in total. The Morgan fingerprint density at radius 2 is 2.00 bits per heavy atom. The van der Waals surface area contributed by atoms with Crippen LogP contribution in [0.15, 0.2) is 24.3 Å². The van der Waals surface area contributed by atoms with E-state index >= 15 is 0 Å². The van der Waals surface area contributed by atoms with Gasteiger partial charge in [0.15, 0.2) is 0 Å². The van der Waals surface area contributed by atoms with Crippen LogP contribution in [-0.2, 0) is 9.53 Å². The van der Waals surface area contributed by atoms with Gasteiger partial charge in [-0.2, -0.15) is 0 Å². The Morgan fingerprint density at radius 1 is 1.35 bits per heavy atom. The molecule has 1 fully saturated rings. The maximum atomic E-state index is 11.5. The fourth-order valence-corrected chi connectivity index (χ4v) is 2.20. The Hall–Kier alpha value is -1.31. The minimum Gasteiger partial charge on any atom is -0.466 e. The van der Waals surface area contributed by atoms with Crippen molar-refractivity contribution in [3.05, 3.63) is 35.4 Å². The SMILES string of the molecule is CCOC(=O)[C@H]1C[C@@H]1c1ccc(C(C)C)cc1. The molecule has 0 bridgehead atoms. The predicted molar refractivity (Wildman–Crippen MR) is 68.0 cm³/mol. The molecule has 1 saturated carbocycles. The molecule has 17 heavy (non-hydrogen) atoms. The first-order valence-corrected chi connectivity index (χ1v) is 6.40. The minimum absolute atomic E-state index is 0.0366. The van der Waals surface area contributed by atoms with Crippen molar-refractivity contribution < 1.29 is 9.53 Å². The number of carbonyl (C=O) groups excluding carboxylic acids is 1. The van der Waals surface area contributed by atoms with E-state index in [2.05, 4.69) is 38.1 Å². The van der Waals surface area contributed by atoms with Crippen molar-refractivity contribution in [2.75, 3.05) is 6.61 Å². The lowest BCUT2D eigenvalue weighted by molar-refractivity contribution is -0.144. The molecule has 0 unspecified atom stereocenters. The molecule has 0 heterocycles. The Morgan fingerprint density at radius 3 is 2.53 bits per heavy atom. The summed E-state index contributed by atoms with van der Waals surface area (Å²) in [7, 11) is 0. The third kappa shape index (κ3) is 2.68. The van der Waals surface area contributed by atoms with Gasteiger partial charge < -0.3 is 4.74 Å². The third-order valence-electron chi connectivity index (χ3n) is 3.41. The summed E-state index contributed by atoms with van der Waals surface area (Å²) < 4.78 is 5.04. The summed E-state index contributed by atoms with van der Waals surface area (Å²) in [5.74, 6) is 1.00. The van der Waals surface area contributed by atoms with Crippen molar-refractivity contribution in [1.82, 2.24) is 0 Å². The zero-order valence-electron chi connectivity index (χ0n) is 10.8. The van der Waals surface area contributed by atoms with Gasteiger partial charge in [-0.05, 0) is 36.3 Å². The van der Waals surface area contributed by atoms with Crippen LogP contribution in [0.2, 0.25) is 0 Å². The largest absolute Gasteiger partial charge is 0.466 e. The van der Waals surface area contributed by atoms with Gasteiger partial charge in [0, 0.05) is 0 Å². The number of hydrogen-bond donors (Lipinski definition) is 0. The second kappa shape index (κ2) is 4.91. The van der Waals surface area contributed by atoms with Crippen LogP contribution in [0.5, 0.6) is 0 Å². The van der Waals surface area contributed by atoms with Gasteiger partial charge in [-0.1, -0.05) is 38.1 Å². The molecule has 2 atom stereocenters. The quantitative estimate of drug-likeness (QED) is 0.743. The van der Waals surface area contributed by atoms with Gasteiger partial charge in [-0.3, -0.25) is 4.79 Å². The minimum atomic E-state index is -0.0366. The number of rotatable bonds is 4. The molecule has 2 nitrogen and oxygen atoms in total. The van der Waals surface area contributed by atoms with E-state index in [9.17, 15) is 4.79 Å². The van der Waals surface area contributed by atoms with Crippen molar-refractivity contribution >= 4 is 5.97 Å². The van der Waals surface area contributed by atoms with Crippen molar-refractivity contribution in [2.24, 2.45) is 5.92 Å². The van der Waals surface area contributed by atoms with Crippen molar-refractivity contribution in [3.63, 3.8) is 0 Å². The lowest BCUT2D eigenvalue weighted by atomic mass is 10.00. The van der Waals surface area contributed by atoms with E-state index in [-0.39, 0.29) is 11.9 Å². The second-order valence-electron chi connectivity index (χ2n) is 5.02. The van der Waals surface area contributed by atoms with E-state index in [1.807, 2.05) is 6.92 Å². The predicted octanol–water partition coefficient (Wildman–Crippen LogP) is 3.48. The van der Waals surface area contributed by atoms with Gasteiger partial charge in [0.05, 0.1) is 12.5 Å². The van der Waals surface area contributed by atoms with E-state index in [0.29, 0.717) is 18.4 Å². The summed E-state index contributed by atoms with van der Waals surface area (Å²) in [5, 5.41) is 0. The van der Waals surface area contributed by atoms with Crippen LogP contribution in [0.3, 0.4) is 0 Å². The number of ether oxygens (including phenoxy) is 1. The molecule has 1 aliphatic carbocycles. The molecule has 1 aliphatic rings. The number of benzene rings is 1. The van der Waals surface area contributed by atoms with Crippen LogP contribution in [0.25, 0.3) is 0 Å². The van der Waals surface area contributed by atoms with E-state index in [0.717, 1.165) is 6.42 Å². The van der Waals surface area contributed by atoms with Crippen LogP contribution in [-0.4, -0.2) is 12.6 Å². The molecule has 2 rings (SSSR count). The second-order valence-corrected chi connectivity index (χ2v) is 5.02. The topological polar surface area (TPSA) is 26.3 Å². The van der Waals surface area contributed by atoms with Crippen molar-refractivity contribution in [1.29, 1.82) is 0 Å². The first-order valence-electron chi connectivity index (χ1n) is 6.40. The maximum absolute atomic E-state index is 11.5. The van der Waals surface area contributed by atoms with Gasteiger partial charge in [-0.15, -0.1) is 0 Å². The van der Waals surface area contributed by atoms with Crippen molar-refractivity contribution in [2.45, 2.75) is 39.0 Å². The van der Waals surface area contributed by atoms with E-state index < -0.39 is 0 Å². The average Bonchev–Trinajstić information content (AvgIpc) is 3.09. The van der Waals surface area contributed by atoms with Gasteiger partial charge in [-0.25, -0.2) is 0 Å². The highest BCUT2D eigenvalue weighted by molar-refractivity contribution is 5.77. The molecule has 0 amide bonds. The van der Waals surface area contributed by atoms with Crippen molar-refractivity contribution in [3.8, 4) is 0 Å². The van der Waals surface area contributed by atoms with E-state index in [4.69, 9.17) is 4.74 Å². The molecule has 0 aliphatic heterocycles. The molecular weight excluding hydrogens is 212 g/mol. The summed E-state index contributed by atoms with van der Waals surface area (Å²) in [6, 6.07) is 8.64. The molecule has 0 radical (unpaired) electrons. The fraction of sp³-hybridized carbons (Fsp3) is 0.533. The number of carbonyl (C=O) groups is 1. The normalized spacial score (nSPS) is 22.6. The highest BCUT2D eigenvalue weighted by atomic mass is 16.5. The zero-order chi connectivity index (χ0) is 12.4. The standard InChI is InChI=1S/C15H20O2/c1-4-17-15(16)14-9-13(14)12-7-5-11(6-8-12)10(2)3/h5-8,10,13-14H,4,9H2,1-3H3/t13-,14+/m1/s1. The highest BCUT2D eigenvalue weighted by Crippen LogP contribution is 2.48. The Labute approximate surface area is 103 Å². The van der Waals surface area contributed by atoms with Crippen LogP contribution in [0.4, 0.5) is 0 Å². The van der Waals surface area contributed by atoms with Gasteiger partial charge in [0.2, 0.25) is 0 Å². The number of hydrogen-bond acceptors (Lipinski definition) is 2. The zero-order valence-corrected chi connectivity index (χ0v) is 10.8. The van der Waals surface area contributed by atoms with Crippen LogP contribution in [0, 0.1) is 5.92 Å². The first-order chi connectivity index (χ1) is 8.13. The van der Waals surface area contributed by atoms with E-state index in [1.54, 1.807) is 0 Å². The van der Waals surface area contributed by atoms with Gasteiger partial charge >= 0.3 is 5.97 Å². The van der Waals surface area contributed by atoms with Crippen LogP contribution < -0.4 is 0 Å². The molecule has 2 heteroatoms. The molecule has 1 aromatic carbocycles. The smallest absolute Gasteiger partial charge is 0.309 e. The maximum Gasteiger partial charge on any atom is 0.309 e. The lowest BCUT2D eigenvalue weighted by Gasteiger charge is -2.06. The molecule has 0 saturated heterocycles. The van der Waals surface area contributed by atoms with Gasteiger partial charge in [0.1, 0.15) is 0 Å². The monoisotopic (exact) mass is 232 g/mol. The van der Waals surface area contributed by atoms with Crippen LogP contribution >= 0.6 is 0 Å². The van der Waals surface area contributed by atoms with Crippen LogP contribution in [0.1, 0.15) is 50.2 Å². The lowest BCUT2D eigenvalue weighted by Crippen LogP contribution is -2.07. The number of esters is 1. The average molecular weight is 232 g/mol. The summed E-state index contributed by atoms with van der Waals surface area (Å²) in [4.78, 5) is 11.5. The molecular formula is C15H20O2. The molecule has 0 spiro atoms. The Kier molecular flexibility index (Phi) is 3.51.